The van der Waals surface area contributed by atoms with Gasteiger partial charge in [-0.3, -0.25) is 4.90 Å². The van der Waals surface area contributed by atoms with E-state index >= 15 is 0 Å². The summed E-state index contributed by atoms with van der Waals surface area (Å²) in [6.07, 6.45) is 4.40. The highest BCUT2D eigenvalue weighted by molar-refractivity contribution is 5.90. The molecule has 1 saturated heterocycles. The maximum Gasteiger partial charge on any atom is 0.156 e. The molecule has 1 atom stereocenters. The first-order chi connectivity index (χ1) is 9.38. The second kappa shape index (κ2) is 5.53. The van der Waals surface area contributed by atoms with Gasteiger partial charge in [-0.1, -0.05) is 31.2 Å². The van der Waals surface area contributed by atoms with E-state index in [0.717, 1.165) is 29.7 Å². The molecule has 1 aromatic heterocycles. The summed E-state index contributed by atoms with van der Waals surface area (Å²) < 4.78 is 0. The molecule has 0 amide bonds. The number of anilines is 1. The van der Waals surface area contributed by atoms with Crippen molar-refractivity contribution in [3.05, 3.63) is 30.5 Å². The van der Waals surface area contributed by atoms with Gasteiger partial charge in [0.2, 0.25) is 0 Å². The average molecular weight is 256 g/mol. The fraction of sp³-hybridized carbons (Fsp3) is 0.467. The Morgan fingerprint density at radius 2 is 2.26 bits per heavy atom. The van der Waals surface area contributed by atoms with Crippen molar-refractivity contribution in [3.8, 4) is 0 Å². The maximum atomic E-state index is 4.24. The summed E-state index contributed by atoms with van der Waals surface area (Å²) in [5.41, 5.74) is 0. The summed E-state index contributed by atoms with van der Waals surface area (Å²) >= 11 is 0. The molecule has 0 bridgehead atoms. The number of benzene rings is 1. The molecule has 2 heterocycles. The van der Waals surface area contributed by atoms with Crippen molar-refractivity contribution in [1.82, 2.24) is 15.1 Å². The van der Waals surface area contributed by atoms with E-state index in [-0.39, 0.29) is 0 Å². The number of rotatable bonds is 4. The van der Waals surface area contributed by atoms with E-state index < -0.39 is 0 Å². The monoisotopic (exact) mass is 256 g/mol. The first-order valence-corrected chi connectivity index (χ1v) is 7.07. The number of fused-ring (bicyclic) bond motifs is 1. The molecule has 1 fully saturated rings. The third kappa shape index (κ3) is 2.54. The van der Waals surface area contributed by atoms with Crippen LogP contribution in [-0.4, -0.2) is 40.8 Å². The molecule has 1 N–H and O–H groups in total. The molecule has 3 rings (SSSR count). The van der Waals surface area contributed by atoms with Gasteiger partial charge in [-0.2, -0.15) is 5.10 Å². The fourth-order valence-corrected chi connectivity index (χ4v) is 2.92. The molecule has 1 aliphatic rings. The molecule has 0 saturated carbocycles. The first kappa shape index (κ1) is 12.4. The lowest BCUT2D eigenvalue weighted by atomic mass is 10.2. The van der Waals surface area contributed by atoms with Crippen molar-refractivity contribution in [2.75, 3.05) is 25.0 Å². The third-order valence-electron chi connectivity index (χ3n) is 3.98. The van der Waals surface area contributed by atoms with E-state index in [4.69, 9.17) is 0 Å². The molecule has 0 aliphatic carbocycles. The zero-order valence-electron chi connectivity index (χ0n) is 11.3. The van der Waals surface area contributed by atoms with Crippen LogP contribution in [-0.2, 0) is 0 Å². The van der Waals surface area contributed by atoms with Crippen LogP contribution in [0, 0.1) is 0 Å². The van der Waals surface area contributed by atoms with Crippen LogP contribution in [0.25, 0.3) is 10.8 Å². The van der Waals surface area contributed by atoms with E-state index in [9.17, 15) is 0 Å². The standard InChI is InChI=1S/C15H20N4/c1-2-19-9-5-7-13(19)11-16-15-14-8-4-3-6-12(14)10-17-18-15/h3-4,6,8,10,13H,2,5,7,9,11H2,1H3,(H,16,18). The smallest absolute Gasteiger partial charge is 0.156 e. The minimum absolute atomic E-state index is 0.630. The normalized spacial score (nSPS) is 19.9. The summed E-state index contributed by atoms with van der Waals surface area (Å²) in [4.78, 5) is 2.53. The largest absolute Gasteiger partial charge is 0.366 e. The number of nitrogens with zero attached hydrogens (tertiary/aromatic N) is 3. The van der Waals surface area contributed by atoms with Gasteiger partial charge < -0.3 is 5.32 Å². The lowest BCUT2D eigenvalue weighted by Gasteiger charge is -2.23. The summed E-state index contributed by atoms with van der Waals surface area (Å²) in [5, 5.41) is 14.1. The molecule has 0 spiro atoms. The summed E-state index contributed by atoms with van der Waals surface area (Å²) in [5.74, 6) is 0.904. The quantitative estimate of drug-likeness (QED) is 0.912. The minimum Gasteiger partial charge on any atom is -0.366 e. The molecule has 4 heteroatoms. The maximum absolute atomic E-state index is 4.24. The lowest BCUT2D eigenvalue weighted by molar-refractivity contribution is 0.277. The molecule has 100 valence electrons. The van der Waals surface area contributed by atoms with Gasteiger partial charge in [-0.15, -0.1) is 5.10 Å². The van der Waals surface area contributed by atoms with Gasteiger partial charge in [0.05, 0.1) is 6.20 Å². The highest BCUT2D eigenvalue weighted by Crippen LogP contribution is 2.21. The van der Waals surface area contributed by atoms with Gasteiger partial charge in [0.1, 0.15) is 0 Å². The molecule has 0 radical (unpaired) electrons. The number of hydrogen-bond acceptors (Lipinski definition) is 4. The molecule has 1 aromatic carbocycles. The van der Waals surface area contributed by atoms with Crippen LogP contribution in [0.1, 0.15) is 19.8 Å². The zero-order chi connectivity index (χ0) is 13.1. The average Bonchev–Trinajstić information content (AvgIpc) is 2.92. The highest BCUT2D eigenvalue weighted by atomic mass is 15.2. The Morgan fingerprint density at radius 1 is 1.37 bits per heavy atom. The number of likely N-dealkylation sites (tertiary alicyclic amines) is 1. The van der Waals surface area contributed by atoms with Gasteiger partial charge >= 0.3 is 0 Å². The van der Waals surface area contributed by atoms with Gasteiger partial charge in [0.15, 0.2) is 5.82 Å². The van der Waals surface area contributed by atoms with Crippen molar-refractivity contribution in [1.29, 1.82) is 0 Å². The summed E-state index contributed by atoms with van der Waals surface area (Å²) in [6, 6.07) is 8.87. The van der Waals surface area contributed by atoms with Crippen LogP contribution in [0.15, 0.2) is 30.5 Å². The Kier molecular flexibility index (Phi) is 3.60. The predicted octanol–water partition coefficient (Wildman–Crippen LogP) is 2.53. The van der Waals surface area contributed by atoms with E-state index in [1.54, 1.807) is 0 Å². The van der Waals surface area contributed by atoms with Crippen LogP contribution in [0.4, 0.5) is 5.82 Å². The Labute approximate surface area is 113 Å². The zero-order valence-corrected chi connectivity index (χ0v) is 11.3. The molecule has 2 aromatic rings. The van der Waals surface area contributed by atoms with Crippen molar-refractivity contribution in [3.63, 3.8) is 0 Å². The SMILES string of the molecule is CCN1CCCC1CNc1nncc2ccccc12. The van der Waals surface area contributed by atoms with Gasteiger partial charge in [0, 0.05) is 23.4 Å². The number of aromatic nitrogens is 2. The topological polar surface area (TPSA) is 41.0 Å². The second-order valence-corrected chi connectivity index (χ2v) is 5.09. The van der Waals surface area contributed by atoms with Crippen molar-refractivity contribution < 1.29 is 0 Å². The summed E-state index contributed by atoms with van der Waals surface area (Å²) in [6.45, 7) is 5.55. The van der Waals surface area contributed by atoms with Crippen LogP contribution >= 0.6 is 0 Å². The Hall–Kier alpha value is -1.68. The second-order valence-electron chi connectivity index (χ2n) is 5.09. The van der Waals surface area contributed by atoms with Crippen LogP contribution in [0.3, 0.4) is 0 Å². The van der Waals surface area contributed by atoms with E-state index in [0.29, 0.717) is 6.04 Å². The van der Waals surface area contributed by atoms with Gasteiger partial charge in [-0.25, -0.2) is 0 Å². The molecule has 19 heavy (non-hydrogen) atoms. The third-order valence-corrected chi connectivity index (χ3v) is 3.98. The molecular formula is C15H20N4. The predicted molar refractivity (Wildman–Crippen MR) is 78.3 cm³/mol. The van der Waals surface area contributed by atoms with Gasteiger partial charge in [0.25, 0.3) is 0 Å². The Balaban J connectivity index is 1.75. The van der Waals surface area contributed by atoms with E-state index in [2.05, 4.69) is 39.5 Å². The van der Waals surface area contributed by atoms with Gasteiger partial charge in [-0.05, 0) is 25.9 Å². The number of nitrogens with one attached hydrogen (secondary N) is 1. The minimum atomic E-state index is 0.630. The molecular weight excluding hydrogens is 236 g/mol. The highest BCUT2D eigenvalue weighted by Gasteiger charge is 2.22. The van der Waals surface area contributed by atoms with Crippen molar-refractivity contribution in [2.45, 2.75) is 25.8 Å². The Morgan fingerprint density at radius 3 is 3.16 bits per heavy atom. The van der Waals surface area contributed by atoms with Crippen molar-refractivity contribution >= 4 is 16.6 Å². The first-order valence-electron chi connectivity index (χ1n) is 7.07. The van der Waals surface area contributed by atoms with Crippen LogP contribution in [0.2, 0.25) is 0 Å². The van der Waals surface area contributed by atoms with Crippen molar-refractivity contribution in [2.24, 2.45) is 0 Å². The van der Waals surface area contributed by atoms with E-state index in [1.807, 2.05) is 18.3 Å². The molecule has 1 aliphatic heterocycles. The van der Waals surface area contributed by atoms with Crippen LogP contribution < -0.4 is 5.32 Å². The Bertz CT molecular complexity index is 549. The molecule has 1 unspecified atom stereocenters. The number of likely N-dealkylation sites (N-methyl/N-ethyl adjacent to an activating group) is 1. The lowest BCUT2D eigenvalue weighted by Crippen LogP contribution is -2.34. The van der Waals surface area contributed by atoms with E-state index in [1.165, 1.54) is 19.4 Å². The van der Waals surface area contributed by atoms with Crippen LogP contribution in [0.5, 0.6) is 0 Å². The summed E-state index contributed by atoms with van der Waals surface area (Å²) in [7, 11) is 0. The fourth-order valence-electron chi connectivity index (χ4n) is 2.92. The molecule has 4 nitrogen and oxygen atoms in total. The number of hydrogen-bond donors (Lipinski definition) is 1.